The zero-order chi connectivity index (χ0) is 13.0. The Balaban J connectivity index is 3.16. The zero-order valence-corrected chi connectivity index (χ0v) is 10.1. The van der Waals surface area contributed by atoms with Gasteiger partial charge < -0.3 is 4.74 Å². The lowest BCUT2D eigenvalue weighted by Crippen LogP contribution is -2.08. The Bertz CT molecular complexity index is 442. The molecule has 17 heavy (non-hydrogen) atoms. The summed E-state index contributed by atoms with van der Waals surface area (Å²) in [6.45, 7) is 4.87. The van der Waals surface area contributed by atoms with Gasteiger partial charge in [-0.05, 0) is 25.0 Å². The smallest absolute Gasteiger partial charge is 0.303 e. The van der Waals surface area contributed by atoms with Crippen molar-refractivity contribution in [3.05, 3.63) is 39.4 Å². The van der Waals surface area contributed by atoms with Crippen LogP contribution in [-0.4, -0.2) is 10.9 Å². The summed E-state index contributed by atoms with van der Waals surface area (Å²) in [6, 6.07) is 4.88. The molecule has 0 aliphatic carbocycles. The maximum atomic E-state index is 10.9. The highest BCUT2D eigenvalue weighted by Gasteiger charge is 2.21. The van der Waals surface area contributed by atoms with Crippen LogP contribution >= 0.6 is 0 Å². The lowest BCUT2D eigenvalue weighted by atomic mass is 10.0. The maximum Gasteiger partial charge on any atom is 0.303 e. The van der Waals surface area contributed by atoms with E-state index in [0.29, 0.717) is 5.56 Å². The van der Waals surface area contributed by atoms with E-state index in [0.717, 1.165) is 12.0 Å². The molecule has 0 fully saturated rings. The van der Waals surface area contributed by atoms with Gasteiger partial charge in [-0.15, -0.1) is 0 Å². The third-order valence-electron chi connectivity index (χ3n) is 2.48. The monoisotopic (exact) mass is 237 g/mol. The molecule has 0 radical (unpaired) electrons. The van der Waals surface area contributed by atoms with Crippen LogP contribution in [0.3, 0.4) is 0 Å². The first kappa shape index (κ1) is 13.2. The van der Waals surface area contributed by atoms with E-state index in [9.17, 15) is 14.9 Å². The van der Waals surface area contributed by atoms with Gasteiger partial charge in [-0.2, -0.15) is 0 Å². The normalized spacial score (nSPS) is 11.9. The molecule has 0 spiro atoms. The fourth-order valence-electron chi connectivity index (χ4n) is 1.63. The first-order valence-corrected chi connectivity index (χ1v) is 5.40. The average molecular weight is 237 g/mol. The number of aryl methyl sites for hydroxylation is 1. The van der Waals surface area contributed by atoms with E-state index in [2.05, 4.69) is 0 Å². The molecule has 0 aromatic heterocycles. The van der Waals surface area contributed by atoms with Crippen molar-refractivity contribution in [1.29, 1.82) is 0 Å². The molecule has 0 N–H and O–H groups in total. The number of nitro benzene ring substituents is 1. The van der Waals surface area contributed by atoms with Gasteiger partial charge in [0, 0.05) is 13.0 Å². The number of hydrogen-bond donors (Lipinski definition) is 0. The summed E-state index contributed by atoms with van der Waals surface area (Å²) in [5.41, 5.74) is 1.39. The van der Waals surface area contributed by atoms with E-state index in [4.69, 9.17) is 4.74 Å². The molecule has 5 heteroatoms. The molecule has 0 saturated heterocycles. The molecule has 92 valence electrons. The van der Waals surface area contributed by atoms with Gasteiger partial charge in [0.1, 0.15) is 6.10 Å². The predicted molar refractivity (Wildman–Crippen MR) is 62.7 cm³/mol. The Kier molecular flexibility index (Phi) is 4.20. The minimum atomic E-state index is -0.612. The van der Waals surface area contributed by atoms with Crippen LogP contribution < -0.4 is 0 Å². The number of carbonyl (C=O) groups excluding carboxylic acids is 1. The van der Waals surface area contributed by atoms with Gasteiger partial charge in [-0.1, -0.05) is 13.0 Å². The quantitative estimate of drug-likeness (QED) is 0.458. The van der Waals surface area contributed by atoms with Gasteiger partial charge in [0.2, 0.25) is 0 Å². The van der Waals surface area contributed by atoms with Gasteiger partial charge in [0.25, 0.3) is 5.69 Å². The summed E-state index contributed by atoms with van der Waals surface area (Å²) in [7, 11) is 0. The van der Waals surface area contributed by atoms with Crippen molar-refractivity contribution in [2.24, 2.45) is 0 Å². The Morgan fingerprint density at radius 1 is 1.53 bits per heavy atom. The molecule has 1 aromatic carbocycles. The molecule has 0 aliphatic rings. The Morgan fingerprint density at radius 2 is 2.18 bits per heavy atom. The molecule has 1 rings (SSSR count). The van der Waals surface area contributed by atoms with Crippen molar-refractivity contribution >= 4 is 11.7 Å². The van der Waals surface area contributed by atoms with Crippen LogP contribution in [0.1, 0.15) is 38.0 Å². The number of ether oxygens (including phenoxy) is 1. The highest BCUT2D eigenvalue weighted by Crippen LogP contribution is 2.28. The van der Waals surface area contributed by atoms with Crippen LogP contribution in [-0.2, 0) is 16.0 Å². The summed E-state index contributed by atoms with van der Waals surface area (Å²) in [4.78, 5) is 21.3. The summed E-state index contributed by atoms with van der Waals surface area (Å²) in [6.07, 6.45) is 0.164. The summed E-state index contributed by atoms with van der Waals surface area (Å²) in [5.74, 6) is -0.450. The van der Waals surface area contributed by atoms with Crippen molar-refractivity contribution in [1.82, 2.24) is 0 Å². The molecular weight excluding hydrogens is 222 g/mol. The summed E-state index contributed by atoms with van der Waals surface area (Å²) in [5, 5.41) is 10.9. The second kappa shape index (κ2) is 5.43. The Hall–Kier alpha value is -1.91. The van der Waals surface area contributed by atoms with Crippen LogP contribution in [0.2, 0.25) is 0 Å². The second-order valence-electron chi connectivity index (χ2n) is 3.76. The third-order valence-corrected chi connectivity index (χ3v) is 2.48. The molecule has 1 unspecified atom stereocenters. The third kappa shape index (κ3) is 3.27. The molecule has 0 saturated carbocycles. The van der Waals surface area contributed by atoms with Crippen LogP contribution in [0.5, 0.6) is 0 Å². The number of hydrogen-bond acceptors (Lipinski definition) is 4. The predicted octanol–water partition coefficient (Wildman–Crippen LogP) is 2.78. The van der Waals surface area contributed by atoms with E-state index in [1.807, 2.05) is 6.92 Å². The fourth-order valence-corrected chi connectivity index (χ4v) is 1.63. The highest BCUT2D eigenvalue weighted by atomic mass is 16.6. The van der Waals surface area contributed by atoms with Gasteiger partial charge >= 0.3 is 5.97 Å². The molecule has 0 amide bonds. The second-order valence-corrected chi connectivity index (χ2v) is 3.76. The molecule has 1 aromatic rings. The number of nitro groups is 1. The number of esters is 1. The zero-order valence-electron chi connectivity index (χ0n) is 10.1. The van der Waals surface area contributed by atoms with Crippen molar-refractivity contribution in [2.45, 2.75) is 33.3 Å². The number of benzene rings is 1. The molecule has 5 nitrogen and oxygen atoms in total. The first-order chi connectivity index (χ1) is 7.95. The number of nitrogens with zero attached hydrogens (tertiary/aromatic N) is 1. The topological polar surface area (TPSA) is 69.4 Å². The van der Waals surface area contributed by atoms with Gasteiger partial charge in [-0.25, -0.2) is 0 Å². The van der Waals surface area contributed by atoms with Crippen molar-refractivity contribution < 1.29 is 14.5 Å². The summed E-state index contributed by atoms with van der Waals surface area (Å²) < 4.78 is 4.98. The first-order valence-electron chi connectivity index (χ1n) is 5.40. The molecule has 0 bridgehead atoms. The van der Waals surface area contributed by atoms with Crippen LogP contribution in [0.15, 0.2) is 18.2 Å². The van der Waals surface area contributed by atoms with Crippen molar-refractivity contribution in [2.75, 3.05) is 0 Å². The maximum absolute atomic E-state index is 10.9. The van der Waals surface area contributed by atoms with E-state index in [1.54, 1.807) is 19.1 Å². The fraction of sp³-hybridized carbons (Fsp3) is 0.417. The van der Waals surface area contributed by atoms with Gasteiger partial charge in [0.15, 0.2) is 0 Å². The standard InChI is InChI=1S/C12H15NO4/c1-4-10-5-6-12(13(15)16)11(7-10)8(2)17-9(3)14/h5-8H,4H2,1-3H3. The van der Waals surface area contributed by atoms with Crippen LogP contribution in [0, 0.1) is 10.1 Å². The van der Waals surface area contributed by atoms with Crippen molar-refractivity contribution in [3.8, 4) is 0 Å². The SMILES string of the molecule is CCc1ccc([N+](=O)[O-])c(C(C)OC(C)=O)c1. The Labute approximate surface area is 99.5 Å². The summed E-state index contributed by atoms with van der Waals surface area (Å²) >= 11 is 0. The minimum Gasteiger partial charge on any atom is -0.458 e. The molecule has 1 atom stereocenters. The highest BCUT2D eigenvalue weighted by molar-refractivity contribution is 5.66. The van der Waals surface area contributed by atoms with Crippen LogP contribution in [0.4, 0.5) is 5.69 Å². The largest absolute Gasteiger partial charge is 0.458 e. The van der Waals surface area contributed by atoms with E-state index >= 15 is 0 Å². The lowest BCUT2D eigenvalue weighted by molar-refractivity contribution is -0.386. The lowest BCUT2D eigenvalue weighted by Gasteiger charge is -2.13. The van der Waals surface area contributed by atoms with Crippen LogP contribution in [0.25, 0.3) is 0 Å². The minimum absolute atomic E-state index is 0.0176. The number of carbonyl (C=O) groups is 1. The molecule has 0 heterocycles. The average Bonchev–Trinajstić information content (AvgIpc) is 2.27. The van der Waals surface area contributed by atoms with Gasteiger partial charge in [0.05, 0.1) is 10.5 Å². The Morgan fingerprint density at radius 3 is 2.65 bits per heavy atom. The van der Waals surface area contributed by atoms with E-state index in [1.165, 1.54) is 13.0 Å². The van der Waals surface area contributed by atoms with Crippen molar-refractivity contribution in [3.63, 3.8) is 0 Å². The van der Waals surface area contributed by atoms with Gasteiger partial charge in [-0.3, -0.25) is 14.9 Å². The number of rotatable bonds is 4. The van der Waals surface area contributed by atoms with E-state index in [-0.39, 0.29) is 5.69 Å². The molecule has 0 aliphatic heterocycles. The van der Waals surface area contributed by atoms with E-state index < -0.39 is 17.0 Å². The molecular formula is C12H15NO4.